The van der Waals surface area contributed by atoms with Crippen molar-refractivity contribution in [1.82, 2.24) is 25.3 Å². The Bertz CT molecular complexity index is 663. The maximum atomic E-state index is 12.7. The van der Waals surface area contributed by atoms with Crippen LogP contribution in [0.15, 0.2) is 18.3 Å². The highest BCUT2D eigenvalue weighted by molar-refractivity contribution is 5.95. The van der Waals surface area contributed by atoms with E-state index in [-0.39, 0.29) is 11.9 Å². The first-order valence-corrected chi connectivity index (χ1v) is 7.40. The smallest absolute Gasteiger partial charge is 0.257 e. The highest BCUT2D eigenvalue weighted by Gasteiger charge is 2.32. The summed E-state index contributed by atoms with van der Waals surface area (Å²) in [6, 6.07) is 3.89. The van der Waals surface area contributed by atoms with Crippen LogP contribution in [0.25, 0.3) is 0 Å². The summed E-state index contributed by atoms with van der Waals surface area (Å²) in [5, 5.41) is 15.3. The van der Waals surface area contributed by atoms with Gasteiger partial charge in [0, 0.05) is 26.3 Å². The van der Waals surface area contributed by atoms with Gasteiger partial charge in [-0.2, -0.15) is 10.2 Å². The maximum Gasteiger partial charge on any atom is 0.257 e. The van der Waals surface area contributed by atoms with Gasteiger partial charge in [-0.05, 0) is 31.9 Å². The summed E-state index contributed by atoms with van der Waals surface area (Å²) in [6.45, 7) is 2.60. The quantitative estimate of drug-likeness (QED) is 0.930. The zero-order valence-corrected chi connectivity index (χ0v) is 13.1. The van der Waals surface area contributed by atoms with Crippen molar-refractivity contribution in [2.75, 3.05) is 25.5 Å². The Balaban J connectivity index is 1.84. The number of nitrogens with one attached hydrogen (secondary N) is 1. The fourth-order valence-corrected chi connectivity index (χ4v) is 2.79. The van der Waals surface area contributed by atoms with Gasteiger partial charge in [-0.3, -0.25) is 9.89 Å². The second-order valence-electron chi connectivity index (χ2n) is 5.78. The summed E-state index contributed by atoms with van der Waals surface area (Å²) < 4.78 is 0. The van der Waals surface area contributed by atoms with Crippen LogP contribution in [0.1, 0.15) is 40.6 Å². The van der Waals surface area contributed by atoms with Gasteiger partial charge < -0.3 is 9.80 Å². The summed E-state index contributed by atoms with van der Waals surface area (Å²) in [5.74, 6) is 0.817. The molecule has 0 saturated carbocycles. The largest absolute Gasteiger partial charge is 0.361 e. The zero-order chi connectivity index (χ0) is 15.7. The molecule has 2 aromatic heterocycles. The molecule has 7 heteroatoms. The predicted octanol–water partition coefficient (Wildman–Crippen LogP) is 1.55. The van der Waals surface area contributed by atoms with Gasteiger partial charge in [-0.1, -0.05) is 0 Å². The molecular weight excluding hydrogens is 280 g/mol. The lowest BCUT2D eigenvalue weighted by Crippen LogP contribution is -2.31. The molecule has 116 valence electrons. The van der Waals surface area contributed by atoms with Gasteiger partial charge in [0.15, 0.2) is 5.82 Å². The Morgan fingerprint density at radius 3 is 2.77 bits per heavy atom. The molecule has 1 fully saturated rings. The summed E-state index contributed by atoms with van der Waals surface area (Å²) in [6.07, 6.45) is 3.48. The SMILES string of the molecule is Cc1[nH]ncc1C(=O)N1CCCC1c1ccc(N(C)C)nn1. The molecule has 0 aliphatic carbocycles. The molecule has 0 bridgehead atoms. The number of aryl methyl sites for hydroxylation is 1. The molecule has 1 atom stereocenters. The van der Waals surface area contributed by atoms with Crippen LogP contribution in [-0.2, 0) is 0 Å². The van der Waals surface area contributed by atoms with Crippen molar-refractivity contribution in [3.8, 4) is 0 Å². The van der Waals surface area contributed by atoms with Crippen LogP contribution < -0.4 is 4.90 Å². The van der Waals surface area contributed by atoms with Crippen molar-refractivity contribution in [2.24, 2.45) is 0 Å². The lowest BCUT2D eigenvalue weighted by Gasteiger charge is -2.24. The predicted molar refractivity (Wildman–Crippen MR) is 82.7 cm³/mol. The number of nitrogens with zero attached hydrogens (tertiary/aromatic N) is 5. The molecule has 1 unspecified atom stereocenters. The number of aromatic nitrogens is 4. The Labute approximate surface area is 129 Å². The van der Waals surface area contributed by atoms with E-state index in [2.05, 4.69) is 20.4 Å². The molecule has 1 N–H and O–H groups in total. The first-order valence-electron chi connectivity index (χ1n) is 7.40. The lowest BCUT2D eigenvalue weighted by molar-refractivity contribution is 0.0731. The third-order valence-corrected chi connectivity index (χ3v) is 4.04. The molecule has 1 amide bonds. The number of aromatic amines is 1. The monoisotopic (exact) mass is 300 g/mol. The Morgan fingerprint density at radius 2 is 2.18 bits per heavy atom. The summed E-state index contributed by atoms with van der Waals surface area (Å²) in [4.78, 5) is 16.5. The van der Waals surface area contributed by atoms with Crippen molar-refractivity contribution in [3.63, 3.8) is 0 Å². The van der Waals surface area contributed by atoms with Crippen LogP contribution in [0.4, 0.5) is 5.82 Å². The number of H-pyrrole nitrogens is 1. The van der Waals surface area contributed by atoms with E-state index in [1.807, 2.05) is 43.0 Å². The number of carbonyl (C=O) groups is 1. The van der Waals surface area contributed by atoms with Gasteiger partial charge in [0.2, 0.25) is 0 Å². The van der Waals surface area contributed by atoms with E-state index in [1.54, 1.807) is 6.20 Å². The van der Waals surface area contributed by atoms with Crippen LogP contribution in [0.5, 0.6) is 0 Å². The first-order chi connectivity index (χ1) is 10.6. The van der Waals surface area contributed by atoms with Crippen molar-refractivity contribution in [1.29, 1.82) is 0 Å². The number of amides is 1. The van der Waals surface area contributed by atoms with E-state index >= 15 is 0 Å². The van der Waals surface area contributed by atoms with Gasteiger partial charge in [-0.25, -0.2) is 0 Å². The van der Waals surface area contributed by atoms with E-state index in [1.165, 1.54) is 0 Å². The van der Waals surface area contributed by atoms with Crippen LogP contribution in [0, 0.1) is 6.92 Å². The van der Waals surface area contributed by atoms with E-state index in [0.29, 0.717) is 5.56 Å². The van der Waals surface area contributed by atoms with Crippen LogP contribution in [0.2, 0.25) is 0 Å². The molecule has 3 heterocycles. The molecule has 7 nitrogen and oxygen atoms in total. The van der Waals surface area contributed by atoms with Gasteiger partial charge in [0.05, 0.1) is 23.5 Å². The van der Waals surface area contributed by atoms with E-state index in [0.717, 1.165) is 36.6 Å². The second kappa shape index (κ2) is 5.75. The van der Waals surface area contributed by atoms with Crippen molar-refractivity contribution in [2.45, 2.75) is 25.8 Å². The highest BCUT2D eigenvalue weighted by Crippen LogP contribution is 2.32. The molecule has 0 radical (unpaired) electrons. The average Bonchev–Trinajstić information content (AvgIpc) is 3.15. The summed E-state index contributed by atoms with van der Waals surface area (Å²) >= 11 is 0. The van der Waals surface area contributed by atoms with Crippen LogP contribution >= 0.6 is 0 Å². The third kappa shape index (κ3) is 2.54. The van der Waals surface area contributed by atoms with Gasteiger partial charge in [0.1, 0.15) is 0 Å². The Kier molecular flexibility index (Phi) is 3.79. The molecule has 1 saturated heterocycles. The molecule has 1 aliphatic rings. The average molecular weight is 300 g/mol. The summed E-state index contributed by atoms with van der Waals surface area (Å²) in [7, 11) is 3.85. The number of likely N-dealkylation sites (tertiary alicyclic amines) is 1. The number of anilines is 1. The van der Waals surface area contributed by atoms with Crippen molar-refractivity contribution >= 4 is 11.7 Å². The Hall–Kier alpha value is -2.44. The number of hydrogen-bond acceptors (Lipinski definition) is 5. The molecule has 3 rings (SSSR count). The molecular formula is C15H20N6O. The number of carbonyl (C=O) groups excluding carboxylic acids is 1. The maximum absolute atomic E-state index is 12.7. The van der Waals surface area contributed by atoms with Crippen molar-refractivity contribution in [3.05, 3.63) is 35.3 Å². The summed E-state index contributed by atoms with van der Waals surface area (Å²) in [5.41, 5.74) is 2.27. The Morgan fingerprint density at radius 1 is 1.36 bits per heavy atom. The third-order valence-electron chi connectivity index (χ3n) is 4.04. The number of rotatable bonds is 3. The molecule has 0 aromatic carbocycles. The standard InChI is InChI=1S/C15H20N6O/c1-10-11(9-16-17-10)15(22)21-8-4-5-13(21)12-6-7-14(19-18-12)20(2)3/h6-7,9,13H,4-5,8H2,1-3H3,(H,16,17). The molecule has 1 aliphatic heterocycles. The first kappa shape index (κ1) is 14.5. The van der Waals surface area contributed by atoms with E-state index in [4.69, 9.17) is 0 Å². The van der Waals surface area contributed by atoms with Gasteiger partial charge in [0.25, 0.3) is 5.91 Å². The van der Waals surface area contributed by atoms with Crippen molar-refractivity contribution < 1.29 is 4.79 Å². The molecule has 0 spiro atoms. The molecule has 2 aromatic rings. The van der Waals surface area contributed by atoms with Gasteiger partial charge in [-0.15, -0.1) is 5.10 Å². The molecule has 22 heavy (non-hydrogen) atoms. The fraction of sp³-hybridized carbons (Fsp3) is 0.467. The normalized spacial score (nSPS) is 17.8. The minimum absolute atomic E-state index is 0.00670. The van der Waals surface area contributed by atoms with E-state index < -0.39 is 0 Å². The lowest BCUT2D eigenvalue weighted by atomic mass is 10.1. The van der Waals surface area contributed by atoms with Crippen LogP contribution in [-0.4, -0.2) is 51.8 Å². The minimum atomic E-state index is -0.00878. The fourth-order valence-electron chi connectivity index (χ4n) is 2.79. The van der Waals surface area contributed by atoms with Gasteiger partial charge >= 0.3 is 0 Å². The minimum Gasteiger partial charge on any atom is -0.361 e. The second-order valence-corrected chi connectivity index (χ2v) is 5.78. The van der Waals surface area contributed by atoms with Crippen LogP contribution in [0.3, 0.4) is 0 Å². The highest BCUT2D eigenvalue weighted by atomic mass is 16.2. The zero-order valence-electron chi connectivity index (χ0n) is 13.1. The van der Waals surface area contributed by atoms with E-state index in [9.17, 15) is 4.79 Å². The topological polar surface area (TPSA) is 78.0 Å². The number of hydrogen-bond donors (Lipinski definition) is 1.